The summed E-state index contributed by atoms with van der Waals surface area (Å²) in [5.41, 5.74) is 2.97. The number of carbonyl (C=O) groups is 1. The maximum atomic E-state index is 13.4. The van der Waals surface area contributed by atoms with E-state index in [2.05, 4.69) is 4.72 Å². The van der Waals surface area contributed by atoms with Crippen molar-refractivity contribution in [3.63, 3.8) is 0 Å². The molecule has 3 rings (SSSR count). The van der Waals surface area contributed by atoms with Gasteiger partial charge >= 0.3 is 0 Å². The van der Waals surface area contributed by atoms with Gasteiger partial charge < -0.3 is 4.90 Å². The highest BCUT2D eigenvalue weighted by atomic mass is 32.2. The number of carbonyl (C=O) groups excluding carboxylic acids is 1. The van der Waals surface area contributed by atoms with Crippen molar-refractivity contribution in [2.75, 3.05) is 22.9 Å². The highest BCUT2D eigenvalue weighted by Crippen LogP contribution is 2.29. The van der Waals surface area contributed by atoms with Crippen LogP contribution in [0, 0.1) is 0 Å². The molecule has 0 unspecified atom stereocenters. The lowest BCUT2D eigenvalue weighted by Gasteiger charge is -2.25. The van der Waals surface area contributed by atoms with E-state index in [4.69, 9.17) is 0 Å². The summed E-state index contributed by atoms with van der Waals surface area (Å²) in [7, 11) is -1.62. The van der Waals surface area contributed by atoms with Crippen LogP contribution in [0.15, 0.2) is 84.9 Å². The topological polar surface area (TPSA) is 66.5 Å². The smallest absolute Gasteiger partial charge is 0.238 e. The van der Waals surface area contributed by atoms with E-state index in [1.807, 2.05) is 60.7 Å². The van der Waals surface area contributed by atoms with Crippen molar-refractivity contribution in [2.45, 2.75) is 5.92 Å². The van der Waals surface area contributed by atoms with E-state index in [1.165, 1.54) is 0 Å². The van der Waals surface area contributed by atoms with E-state index in [-0.39, 0.29) is 5.91 Å². The molecule has 0 aliphatic rings. The highest BCUT2D eigenvalue weighted by Gasteiger charge is 2.26. The van der Waals surface area contributed by atoms with Crippen LogP contribution in [-0.2, 0) is 14.8 Å². The van der Waals surface area contributed by atoms with Crippen molar-refractivity contribution in [2.24, 2.45) is 0 Å². The Bertz CT molecular complexity index is 995. The molecule has 0 aliphatic carbocycles. The maximum absolute atomic E-state index is 13.4. The van der Waals surface area contributed by atoms with Crippen LogP contribution in [0.25, 0.3) is 0 Å². The normalized spacial score (nSPS) is 11.2. The van der Waals surface area contributed by atoms with Crippen LogP contribution in [0.3, 0.4) is 0 Å². The van der Waals surface area contributed by atoms with Crippen LogP contribution in [-0.4, -0.2) is 27.6 Å². The second-order valence-electron chi connectivity index (χ2n) is 6.57. The zero-order chi connectivity index (χ0) is 20.1. The molecule has 0 atom stereocenters. The first-order valence-electron chi connectivity index (χ1n) is 8.80. The largest absolute Gasteiger partial charge is 0.315 e. The standard InChI is InChI=1S/C22H22N2O3S/c1-24(20-15-13-19(14-16-20)23-28(2,26)27)22(25)21(17-9-5-3-6-10-17)18-11-7-4-8-12-18/h3-16,21,23H,1-2H3. The van der Waals surface area contributed by atoms with Crippen LogP contribution < -0.4 is 9.62 Å². The highest BCUT2D eigenvalue weighted by molar-refractivity contribution is 7.92. The van der Waals surface area contributed by atoms with Crippen molar-refractivity contribution < 1.29 is 13.2 Å². The predicted molar refractivity (Wildman–Crippen MR) is 113 cm³/mol. The Hall–Kier alpha value is -3.12. The first-order chi connectivity index (χ1) is 13.3. The molecule has 0 saturated heterocycles. The third-order valence-corrected chi connectivity index (χ3v) is 5.01. The van der Waals surface area contributed by atoms with Crippen LogP contribution in [0.5, 0.6) is 0 Å². The lowest BCUT2D eigenvalue weighted by molar-refractivity contribution is -0.118. The van der Waals surface area contributed by atoms with Gasteiger partial charge in [-0.3, -0.25) is 9.52 Å². The molecule has 0 saturated carbocycles. The number of amides is 1. The average molecular weight is 394 g/mol. The van der Waals surface area contributed by atoms with E-state index < -0.39 is 15.9 Å². The molecule has 1 amide bonds. The summed E-state index contributed by atoms with van der Waals surface area (Å²) in [4.78, 5) is 15.0. The van der Waals surface area contributed by atoms with E-state index in [0.717, 1.165) is 17.4 Å². The van der Waals surface area contributed by atoms with Gasteiger partial charge in [-0.2, -0.15) is 0 Å². The summed E-state index contributed by atoms with van der Waals surface area (Å²) >= 11 is 0. The SMILES string of the molecule is CN(C(=O)C(c1ccccc1)c1ccccc1)c1ccc(NS(C)(=O)=O)cc1. The quantitative estimate of drug-likeness (QED) is 0.690. The molecule has 1 N–H and O–H groups in total. The number of nitrogens with zero attached hydrogens (tertiary/aromatic N) is 1. The molecular formula is C22H22N2O3S. The first kappa shape index (κ1) is 19.6. The van der Waals surface area contributed by atoms with Gasteiger partial charge in [-0.05, 0) is 35.4 Å². The predicted octanol–water partition coefficient (Wildman–Crippen LogP) is 3.85. The van der Waals surface area contributed by atoms with Crippen molar-refractivity contribution in [1.29, 1.82) is 0 Å². The average Bonchev–Trinajstić information content (AvgIpc) is 2.68. The lowest BCUT2D eigenvalue weighted by Crippen LogP contribution is -2.32. The minimum absolute atomic E-state index is 0.0683. The minimum atomic E-state index is -3.34. The number of benzene rings is 3. The maximum Gasteiger partial charge on any atom is 0.238 e. The summed E-state index contributed by atoms with van der Waals surface area (Å²) < 4.78 is 25.1. The number of likely N-dealkylation sites (N-methyl/N-ethyl adjacent to an activating group) is 1. The van der Waals surface area contributed by atoms with Crippen molar-refractivity contribution in [3.8, 4) is 0 Å². The van der Waals surface area contributed by atoms with Gasteiger partial charge in [0.2, 0.25) is 15.9 Å². The summed E-state index contributed by atoms with van der Waals surface area (Å²) in [5.74, 6) is -0.498. The van der Waals surface area contributed by atoms with E-state index in [0.29, 0.717) is 11.4 Å². The molecule has 3 aromatic carbocycles. The van der Waals surface area contributed by atoms with Gasteiger partial charge in [0.15, 0.2) is 0 Å². The number of hydrogen-bond donors (Lipinski definition) is 1. The summed E-state index contributed by atoms with van der Waals surface area (Å²) in [5, 5.41) is 0. The van der Waals surface area contributed by atoms with Gasteiger partial charge in [-0.15, -0.1) is 0 Å². The van der Waals surface area contributed by atoms with Gasteiger partial charge in [0.25, 0.3) is 0 Å². The van der Waals surface area contributed by atoms with Crippen LogP contribution in [0.4, 0.5) is 11.4 Å². The zero-order valence-corrected chi connectivity index (χ0v) is 16.6. The molecule has 0 aliphatic heterocycles. The zero-order valence-electron chi connectivity index (χ0n) is 15.7. The third kappa shape index (κ3) is 4.78. The Kier molecular flexibility index (Phi) is 5.80. The van der Waals surface area contributed by atoms with Crippen molar-refractivity contribution >= 4 is 27.3 Å². The van der Waals surface area contributed by atoms with Gasteiger partial charge in [0.05, 0.1) is 12.2 Å². The van der Waals surface area contributed by atoms with E-state index in [9.17, 15) is 13.2 Å². The fourth-order valence-electron chi connectivity index (χ4n) is 3.06. The van der Waals surface area contributed by atoms with Gasteiger partial charge in [0.1, 0.15) is 0 Å². The van der Waals surface area contributed by atoms with E-state index >= 15 is 0 Å². The third-order valence-electron chi connectivity index (χ3n) is 4.40. The fourth-order valence-corrected chi connectivity index (χ4v) is 3.62. The molecule has 3 aromatic rings. The van der Waals surface area contributed by atoms with Crippen molar-refractivity contribution in [1.82, 2.24) is 0 Å². The molecule has 0 spiro atoms. The molecule has 144 valence electrons. The molecule has 0 bridgehead atoms. The van der Waals surface area contributed by atoms with Crippen LogP contribution >= 0.6 is 0 Å². The minimum Gasteiger partial charge on any atom is -0.315 e. The second kappa shape index (κ2) is 8.27. The first-order valence-corrected chi connectivity index (χ1v) is 10.7. The summed E-state index contributed by atoms with van der Waals surface area (Å²) in [6, 6.07) is 26.0. The molecule has 0 heterocycles. The van der Waals surface area contributed by atoms with Gasteiger partial charge in [0, 0.05) is 18.4 Å². The number of anilines is 2. The van der Waals surface area contributed by atoms with Crippen LogP contribution in [0.1, 0.15) is 17.0 Å². The van der Waals surface area contributed by atoms with Crippen molar-refractivity contribution in [3.05, 3.63) is 96.1 Å². The fraction of sp³-hybridized carbons (Fsp3) is 0.136. The van der Waals surface area contributed by atoms with E-state index in [1.54, 1.807) is 36.2 Å². The Morgan fingerprint density at radius 2 is 1.29 bits per heavy atom. The summed E-state index contributed by atoms with van der Waals surface area (Å²) in [6.45, 7) is 0. The molecule has 28 heavy (non-hydrogen) atoms. The number of hydrogen-bond acceptors (Lipinski definition) is 3. The van der Waals surface area contributed by atoms with Crippen LogP contribution in [0.2, 0.25) is 0 Å². The molecule has 0 radical (unpaired) electrons. The second-order valence-corrected chi connectivity index (χ2v) is 8.32. The molecule has 0 aromatic heterocycles. The molecule has 5 nitrogen and oxygen atoms in total. The Labute approximate surface area is 165 Å². The van der Waals surface area contributed by atoms with Gasteiger partial charge in [-0.25, -0.2) is 8.42 Å². The number of sulfonamides is 1. The monoisotopic (exact) mass is 394 g/mol. The number of nitrogens with one attached hydrogen (secondary N) is 1. The Morgan fingerprint density at radius 3 is 1.71 bits per heavy atom. The Balaban J connectivity index is 1.90. The molecule has 0 fully saturated rings. The number of rotatable bonds is 6. The summed E-state index contributed by atoms with van der Waals surface area (Å²) in [6.07, 6.45) is 1.10. The molecular weight excluding hydrogens is 372 g/mol. The Morgan fingerprint density at radius 1 is 0.821 bits per heavy atom. The molecule has 6 heteroatoms. The lowest BCUT2D eigenvalue weighted by atomic mass is 9.90. The van der Waals surface area contributed by atoms with Gasteiger partial charge in [-0.1, -0.05) is 60.7 Å².